The molecule has 0 unspecified atom stereocenters. The van der Waals surface area contributed by atoms with Gasteiger partial charge in [0, 0.05) is 9.53 Å². The topological polar surface area (TPSA) is 60.7 Å². The highest BCUT2D eigenvalue weighted by atomic mass is 16.3. The second kappa shape index (κ2) is 3.82. The summed E-state index contributed by atoms with van der Waals surface area (Å²) >= 11 is 0. The molecule has 0 atom stereocenters. The molecule has 0 fully saturated rings. The van der Waals surface area contributed by atoms with E-state index in [1.807, 2.05) is 0 Å². The zero-order valence-electron chi connectivity index (χ0n) is 8.17. The largest absolute Gasteiger partial charge is 0.396 e. The highest BCUT2D eigenvalue weighted by Crippen LogP contribution is 2.18. The molecule has 0 aromatic heterocycles. The minimum absolute atomic E-state index is 0.385. The van der Waals surface area contributed by atoms with Crippen LogP contribution in [-0.2, 0) is 0 Å². The predicted octanol–water partition coefficient (Wildman–Crippen LogP) is -0.640. The Morgan fingerprint density at radius 1 is 1.22 bits per heavy atom. The van der Waals surface area contributed by atoms with Crippen LogP contribution in [0, 0.1) is 5.41 Å². The molecule has 3 nitrogen and oxygen atoms in total. The zero-order valence-corrected chi connectivity index (χ0v) is 5.17. The quantitative estimate of drug-likeness (QED) is 0.483. The smallest absolute Gasteiger partial charge is 0.0531 e. The van der Waals surface area contributed by atoms with E-state index in [-0.39, 0.29) is 6.42 Å². The van der Waals surface area contributed by atoms with Crippen molar-refractivity contribution in [3.05, 3.63) is 0 Å². The summed E-state index contributed by atoms with van der Waals surface area (Å²) < 4.78 is 20.7. The van der Waals surface area contributed by atoms with Crippen molar-refractivity contribution in [2.45, 2.75) is 13.3 Å². The molecule has 3 heteroatoms. The molecule has 0 aromatic carbocycles. The molecular weight excluding hydrogens is 120 g/mol. The van der Waals surface area contributed by atoms with E-state index in [9.17, 15) is 0 Å². The molecule has 0 saturated carbocycles. The first-order chi connectivity index (χ1) is 5.39. The molecule has 9 heavy (non-hydrogen) atoms. The molecule has 0 saturated heterocycles. The third kappa shape index (κ3) is 1.93. The molecule has 56 valence electrons. The van der Waals surface area contributed by atoms with Crippen molar-refractivity contribution in [1.82, 2.24) is 0 Å². The summed E-state index contributed by atoms with van der Waals surface area (Å²) in [4.78, 5) is 0. The van der Waals surface area contributed by atoms with Crippen molar-refractivity contribution in [2.75, 3.05) is 19.8 Å². The standard InChI is InChI=1S/C6H14O3/c1-2-6(3-7,4-8)5-9/h7-9H,2-5H2,1H3/i1D3. The van der Waals surface area contributed by atoms with Crippen LogP contribution < -0.4 is 0 Å². The fraction of sp³-hybridized carbons (Fsp3) is 1.00. The highest BCUT2D eigenvalue weighted by molar-refractivity contribution is 4.74. The van der Waals surface area contributed by atoms with E-state index in [2.05, 4.69) is 0 Å². The maximum atomic E-state index is 8.77. The van der Waals surface area contributed by atoms with E-state index in [1.165, 1.54) is 0 Å². The Labute approximate surface area is 59.2 Å². The molecule has 0 amide bonds. The summed E-state index contributed by atoms with van der Waals surface area (Å²) in [5, 5.41) is 26.3. The Hall–Kier alpha value is -0.120. The van der Waals surface area contributed by atoms with E-state index in [4.69, 9.17) is 19.4 Å². The van der Waals surface area contributed by atoms with Crippen LogP contribution >= 0.6 is 0 Å². The Kier molecular flexibility index (Phi) is 1.98. The average molecular weight is 137 g/mol. The van der Waals surface area contributed by atoms with Crippen molar-refractivity contribution in [3.8, 4) is 0 Å². The van der Waals surface area contributed by atoms with Gasteiger partial charge in [-0.1, -0.05) is 6.85 Å². The molecule has 3 N–H and O–H groups in total. The molecule has 0 radical (unpaired) electrons. The first kappa shape index (κ1) is 4.66. The number of aliphatic hydroxyl groups excluding tert-OH is 3. The Bertz CT molecular complexity index is 122. The van der Waals surface area contributed by atoms with E-state index < -0.39 is 32.1 Å². The van der Waals surface area contributed by atoms with Crippen LogP contribution in [-0.4, -0.2) is 35.1 Å². The van der Waals surface area contributed by atoms with E-state index >= 15 is 0 Å². The van der Waals surface area contributed by atoms with Gasteiger partial charge in [-0.3, -0.25) is 0 Å². The van der Waals surface area contributed by atoms with Crippen LogP contribution in [0.4, 0.5) is 0 Å². The summed E-state index contributed by atoms with van der Waals surface area (Å²) in [7, 11) is 0. The normalized spacial score (nSPS) is 18.3. The van der Waals surface area contributed by atoms with Gasteiger partial charge in [0.05, 0.1) is 19.8 Å². The highest BCUT2D eigenvalue weighted by Gasteiger charge is 2.24. The fourth-order valence-electron chi connectivity index (χ4n) is 0.318. The average Bonchev–Trinajstić information content (AvgIpc) is 1.99. The van der Waals surface area contributed by atoms with Crippen LogP contribution in [0.25, 0.3) is 0 Å². The van der Waals surface area contributed by atoms with E-state index in [0.717, 1.165) is 0 Å². The van der Waals surface area contributed by atoms with Crippen LogP contribution in [0.3, 0.4) is 0 Å². The lowest BCUT2D eigenvalue weighted by atomic mass is 9.88. The first-order valence-corrected chi connectivity index (χ1v) is 2.72. The van der Waals surface area contributed by atoms with Crippen molar-refractivity contribution >= 4 is 0 Å². The van der Waals surface area contributed by atoms with Gasteiger partial charge in [0.2, 0.25) is 0 Å². The second-order valence-corrected chi connectivity index (χ2v) is 2.15. The molecule has 0 aliphatic carbocycles. The van der Waals surface area contributed by atoms with Gasteiger partial charge in [0.25, 0.3) is 0 Å². The van der Waals surface area contributed by atoms with Crippen molar-refractivity contribution < 1.29 is 19.4 Å². The summed E-state index contributed by atoms with van der Waals surface area (Å²) in [5.74, 6) is 0. The van der Waals surface area contributed by atoms with Gasteiger partial charge in [-0.05, 0) is 6.42 Å². The van der Waals surface area contributed by atoms with Gasteiger partial charge in [-0.2, -0.15) is 0 Å². The van der Waals surface area contributed by atoms with Gasteiger partial charge in [0.1, 0.15) is 0 Å². The molecular formula is C6H14O3. The van der Waals surface area contributed by atoms with Crippen molar-refractivity contribution in [3.63, 3.8) is 0 Å². The minimum Gasteiger partial charge on any atom is -0.396 e. The lowest BCUT2D eigenvalue weighted by Crippen LogP contribution is -2.32. The van der Waals surface area contributed by atoms with Crippen LogP contribution in [0.5, 0.6) is 0 Å². The van der Waals surface area contributed by atoms with Crippen molar-refractivity contribution in [2.24, 2.45) is 5.41 Å². The van der Waals surface area contributed by atoms with E-state index in [1.54, 1.807) is 0 Å². The first-order valence-electron chi connectivity index (χ1n) is 4.22. The molecule has 0 rings (SSSR count). The van der Waals surface area contributed by atoms with Gasteiger partial charge in [-0.25, -0.2) is 0 Å². The van der Waals surface area contributed by atoms with Gasteiger partial charge in [0.15, 0.2) is 0 Å². The molecule has 0 bridgehead atoms. The fourth-order valence-corrected chi connectivity index (χ4v) is 0.318. The SMILES string of the molecule is [2H]C([2H])([2H])CC(CO)(CO)CO. The molecule has 0 heterocycles. The molecule has 0 aliphatic rings. The van der Waals surface area contributed by atoms with Gasteiger partial charge >= 0.3 is 0 Å². The number of hydrogen-bond acceptors (Lipinski definition) is 3. The summed E-state index contributed by atoms with van der Waals surface area (Å²) in [6, 6.07) is 0. The molecule has 0 aliphatic heterocycles. The maximum absolute atomic E-state index is 8.77. The summed E-state index contributed by atoms with van der Waals surface area (Å²) in [6.45, 7) is -3.83. The van der Waals surface area contributed by atoms with Gasteiger partial charge in [-0.15, -0.1) is 0 Å². The zero-order chi connectivity index (χ0) is 9.83. The predicted molar refractivity (Wildman–Crippen MR) is 34.0 cm³/mol. The second-order valence-electron chi connectivity index (χ2n) is 2.15. The maximum Gasteiger partial charge on any atom is 0.0531 e. The Balaban J connectivity index is 4.30. The number of hydrogen-bond donors (Lipinski definition) is 3. The van der Waals surface area contributed by atoms with Crippen molar-refractivity contribution in [1.29, 1.82) is 0 Å². The lowest BCUT2D eigenvalue weighted by Gasteiger charge is -2.24. The summed E-state index contributed by atoms with van der Waals surface area (Å²) in [6.07, 6.45) is -0.385. The van der Waals surface area contributed by atoms with Gasteiger partial charge < -0.3 is 15.3 Å². The van der Waals surface area contributed by atoms with Crippen LogP contribution in [0.15, 0.2) is 0 Å². The number of aliphatic hydroxyl groups is 3. The van der Waals surface area contributed by atoms with Crippen LogP contribution in [0.2, 0.25) is 0 Å². The Morgan fingerprint density at radius 3 is 1.78 bits per heavy atom. The monoisotopic (exact) mass is 137 g/mol. The van der Waals surface area contributed by atoms with E-state index in [0.29, 0.717) is 0 Å². The number of rotatable bonds is 4. The third-order valence-corrected chi connectivity index (χ3v) is 1.38. The van der Waals surface area contributed by atoms with Crippen LogP contribution in [0.1, 0.15) is 17.4 Å². The minimum atomic E-state index is -2.24. The summed E-state index contributed by atoms with van der Waals surface area (Å²) in [5.41, 5.74) is -1.29. The Morgan fingerprint density at radius 2 is 1.67 bits per heavy atom. The third-order valence-electron chi connectivity index (χ3n) is 1.38. The lowest BCUT2D eigenvalue weighted by molar-refractivity contribution is 0.00304. The molecule has 0 aromatic rings. The molecule has 0 spiro atoms.